The van der Waals surface area contributed by atoms with E-state index in [1.807, 2.05) is 47.4 Å². The second kappa shape index (κ2) is 6.58. The third-order valence-electron chi connectivity index (χ3n) is 3.91. The Bertz CT molecular complexity index is 823. The van der Waals surface area contributed by atoms with E-state index >= 15 is 0 Å². The SMILES string of the molecule is Cc1c(Br)c2ccccc2n1CC(=O)NC(C)Cn1ccnc1. The van der Waals surface area contributed by atoms with Crippen LogP contribution in [0.2, 0.25) is 0 Å². The minimum absolute atomic E-state index is 0.00830. The lowest BCUT2D eigenvalue weighted by Gasteiger charge is -2.15. The average Bonchev–Trinajstić information content (AvgIpc) is 3.11. The topological polar surface area (TPSA) is 51.9 Å². The maximum atomic E-state index is 12.4. The third kappa shape index (κ3) is 3.32. The minimum Gasteiger partial charge on any atom is -0.350 e. The lowest BCUT2D eigenvalue weighted by molar-refractivity contribution is -0.122. The molecule has 3 rings (SSSR count). The molecular formula is C17H19BrN4O. The van der Waals surface area contributed by atoms with Crippen molar-refractivity contribution in [1.82, 2.24) is 19.4 Å². The zero-order chi connectivity index (χ0) is 16.4. The number of fused-ring (bicyclic) bond motifs is 1. The van der Waals surface area contributed by atoms with Crippen LogP contribution < -0.4 is 5.32 Å². The smallest absolute Gasteiger partial charge is 0.240 e. The molecule has 120 valence electrons. The number of benzene rings is 1. The molecule has 1 atom stereocenters. The summed E-state index contributed by atoms with van der Waals surface area (Å²) in [6, 6.07) is 8.13. The van der Waals surface area contributed by atoms with Gasteiger partial charge in [-0.15, -0.1) is 0 Å². The highest BCUT2D eigenvalue weighted by Crippen LogP contribution is 2.30. The standard InChI is InChI=1S/C17H19BrN4O/c1-12(9-21-8-7-19-11-21)20-16(23)10-22-13(2)17(18)14-5-3-4-6-15(14)22/h3-8,11-12H,9-10H2,1-2H3,(H,20,23). The van der Waals surface area contributed by atoms with Crippen molar-refractivity contribution in [3.05, 3.63) is 53.2 Å². The quantitative estimate of drug-likeness (QED) is 0.745. The number of para-hydroxylation sites is 1. The molecule has 5 nitrogen and oxygen atoms in total. The van der Waals surface area contributed by atoms with Crippen molar-refractivity contribution in [3.63, 3.8) is 0 Å². The molecule has 1 aromatic carbocycles. The van der Waals surface area contributed by atoms with Crippen molar-refractivity contribution in [1.29, 1.82) is 0 Å². The van der Waals surface area contributed by atoms with Crippen molar-refractivity contribution >= 4 is 32.7 Å². The van der Waals surface area contributed by atoms with E-state index in [9.17, 15) is 4.79 Å². The molecule has 6 heteroatoms. The Balaban J connectivity index is 1.72. The van der Waals surface area contributed by atoms with Gasteiger partial charge in [0.15, 0.2) is 0 Å². The van der Waals surface area contributed by atoms with Crippen LogP contribution in [0.4, 0.5) is 0 Å². The number of nitrogens with zero attached hydrogens (tertiary/aromatic N) is 3. The van der Waals surface area contributed by atoms with Gasteiger partial charge < -0.3 is 14.5 Å². The molecular weight excluding hydrogens is 356 g/mol. The van der Waals surface area contributed by atoms with E-state index in [0.29, 0.717) is 13.1 Å². The molecule has 0 saturated carbocycles. The van der Waals surface area contributed by atoms with Crippen LogP contribution in [0.1, 0.15) is 12.6 Å². The number of aromatic nitrogens is 3. The van der Waals surface area contributed by atoms with Crippen LogP contribution in [-0.4, -0.2) is 26.1 Å². The van der Waals surface area contributed by atoms with Crippen molar-refractivity contribution < 1.29 is 4.79 Å². The fraction of sp³-hybridized carbons (Fsp3) is 0.294. The van der Waals surface area contributed by atoms with Crippen LogP contribution >= 0.6 is 15.9 Å². The first-order valence-corrected chi connectivity index (χ1v) is 8.34. The van der Waals surface area contributed by atoms with Gasteiger partial charge in [0.2, 0.25) is 5.91 Å². The van der Waals surface area contributed by atoms with Gasteiger partial charge in [-0.1, -0.05) is 18.2 Å². The van der Waals surface area contributed by atoms with Crippen LogP contribution in [0, 0.1) is 6.92 Å². The fourth-order valence-electron chi connectivity index (χ4n) is 2.81. The zero-order valence-corrected chi connectivity index (χ0v) is 14.7. The molecule has 0 aliphatic carbocycles. The van der Waals surface area contributed by atoms with E-state index in [2.05, 4.69) is 32.3 Å². The summed E-state index contributed by atoms with van der Waals surface area (Å²) < 4.78 is 5.05. The van der Waals surface area contributed by atoms with Crippen LogP contribution in [0.15, 0.2) is 47.5 Å². The summed E-state index contributed by atoms with van der Waals surface area (Å²) in [6.07, 6.45) is 5.38. The Hall–Kier alpha value is -2.08. The Kier molecular flexibility index (Phi) is 4.52. The van der Waals surface area contributed by atoms with Crippen LogP contribution in [-0.2, 0) is 17.9 Å². The summed E-state index contributed by atoms with van der Waals surface area (Å²) in [7, 11) is 0. The second-order valence-electron chi connectivity index (χ2n) is 5.73. The Labute approximate surface area is 143 Å². The van der Waals surface area contributed by atoms with Crippen molar-refractivity contribution in [2.45, 2.75) is 33.0 Å². The van der Waals surface area contributed by atoms with E-state index in [4.69, 9.17) is 0 Å². The second-order valence-corrected chi connectivity index (χ2v) is 6.52. The minimum atomic E-state index is 0.00830. The summed E-state index contributed by atoms with van der Waals surface area (Å²) in [4.78, 5) is 16.4. The molecule has 2 aromatic heterocycles. The van der Waals surface area contributed by atoms with Gasteiger partial charge in [0.05, 0.1) is 6.33 Å². The van der Waals surface area contributed by atoms with Gasteiger partial charge in [-0.25, -0.2) is 4.98 Å². The lowest BCUT2D eigenvalue weighted by atomic mass is 10.2. The van der Waals surface area contributed by atoms with Gasteiger partial charge in [0.25, 0.3) is 0 Å². The van der Waals surface area contributed by atoms with Crippen molar-refractivity contribution in [2.24, 2.45) is 0 Å². The predicted molar refractivity (Wildman–Crippen MR) is 94.2 cm³/mol. The van der Waals surface area contributed by atoms with Gasteiger partial charge in [-0.05, 0) is 35.8 Å². The number of rotatable bonds is 5. The lowest BCUT2D eigenvalue weighted by Crippen LogP contribution is -2.37. The summed E-state index contributed by atoms with van der Waals surface area (Å²) in [5, 5.41) is 4.17. The predicted octanol–water partition coefficient (Wildman–Crippen LogP) is 3.11. The molecule has 0 spiro atoms. The largest absolute Gasteiger partial charge is 0.350 e. The highest BCUT2D eigenvalue weighted by atomic mass is 79.9. The molecule has 0 radical (unpaired) electrons. The summed E-state index contributed by atoms with van der Waals surface area (Å²) in [5.41, 5.74) is 2.12. The number of amides is 1. The molecule has 0 aliphatic heterocycles. The number of imidazole rings is 1. The monoisotopic (exact) mass is 374 g/mol. The first-order valence-electron chi connectivity index (χ1n) is 7.54. The van der Waals surface area contributed by atoms with Gasteiger partial charge in [0, 0.05) is 46.0 Å². The fourth-order valence-corrected chi connectivity index (χ4v) is 3.36. The molecule has 3 aromatic rings. The van der Waals surface area contributed by atoms with Gasteiger partial charge >= 0.3 is 0 Å². The Morgan fingerprint density at radius 1 is 1.39 bits per heavy atom. The molecule has 23 heavy (non-hydrogen) atoms. The van der Waals surface area contributed by atoms with Crippen LogP contribution in [0.3, 0.4) is 0 Å². The molecule has 0 aliphatic rings. The van der Waals surface area contributed by atoms with Crippen molar-refractivity contribution in [2.75, 3.05) is 0 Å². The highest BCUT2D eigenvalue weighted by molar-refractivity contribution is 9.10. The first-order chi connectivity index (χ1) is 11.1. The summed E-state index contributed by atoms with van der Waals surface area (Å²) >= 11 is 3.62. The van der Waals surface area contributed by atoms with Gasteiger partial charge in [0.1, 0.15) is 6.54 Å². The number of carbonyl (C=O) groups is 1. The van der Waals surface area contributed by atoms with E-state index in [1.165, 1.54) is 0 Å². The summed E-state index contributed by atoms with van der Waals surface area (Å²) in [5.74, 6) is 0.00830. The number of halogens is 1. The van der Waals surface area contributed by atoms with E-state index < -0.39 is 0 Å². The normalized spacial score (nSPS) is 12.5. The van der Waals surface area contributed by atoms with Gasteiger partial charge in [-0.2, -0.15) is 0 Å². The molecule has 1 N–H and O–H groups in total. The molecule has 1 amide bonds. The molecule has 0 bridgehead atoms. The Morgan fingerprint density at radius 3 is 2.91 bits per heavy atom. The third-order valence-corrected chi connectivity index (χ3v) is 4.91. The molecule has 1 unspecified atom stereocenters. The number of nitrogens with one attached hydrogen (secondary N) is 1. The van der Waals surface area contributed by atoms with Gasteiger partial charge in [-0.3, -0.25) is 4.79 Å². The van der Waals surface area contributed by atoms with E-state index in [1.54, 1.807) is 12.5 Å². The molecule has 0 saturated heterocycles. The highest BCUT2D eigenvalue weighted by Gasteiger charge is 2.15. The van der Waals surface area contributed by atoms with E-state index in [0.717, 1.165) is 21.1 Å². The Morgan fingerprint density at radius 2 is 2.17 bits per heavy atom. The maximum Gasteiger partial charge on any atom is 0.240 e. The molecule has 0 fully saturated rings. The summed E-state index contributed by atoms with van der Waals surface area (Å²) in [6.45, 7) is 5.04. The zero-order valence-electron chi connectivity index (χ0n) is 13.2. The first kappa shape index (κ1) is 15.8. The van der Waals surface area contributed by atoms with E-state index in [-0.39, 0.29) is 11.9 Å². The number of hydrogen-bond acceptors (Lipinski definition) is 2. The maximum absolute atomic E-state index is 12.4. The molecule has 2 heterocycles. The number of carbonyl (C=O) groups excluding carboxylic acids is 1. The van der Waals surface area contributed by atoms with Crippen molar-refractivity contribution in [3.8, 4) is 0 Å². The number of hydrogen-bond donors (Lipinski definition) is 1. The van der Waals surface area contributed by atoms with Crippen LogP contribution in [0.5, 0.6) is 0 Å². The van der Waals surface area contributed by atoms with Crippen LogP contribution in [0.25, 0.3) is 10.9 Å². The average molecular weight is 375 g/mol.